The Bertz CT molecular complexity index is 735. The number of aromatic nitrogens is 2. The largest absolute Gasteiger partial charge is 0.420 e. The first-order chi connectivity index (χ1) is 13.3. The van der Waals surface area contributed by atoms with Gasteiger partial charge in [-0.25, -0.2) is 15.5 Å². The Morgan fingerprint density at radius 2 is 1.93 bits per heavy atom. The average molecular weight is 397 g/mol. The van der Waals surface area contributed by atoms with Crippen LogP contribution in [0.25, 0.3) is 5.70 Å². The fourth-order valence-electron chi connectivity index (χ4n) is 3.48. The Morgan fingerprint density at radius 3 is 2.46 bits per heavy atom. The molecule has 154 valence electrons. The Morgan fingerprint density at radius 1 is 1.25 bits per heavy atom. The molecule has 0 bridgehead atoms. The van der Waals surface area contributed by atoms with Gasteiger partial charge >= 0.3 is 6.18 Å². The molecule has 2 aliphatic rings. The Kier molecular flexibility index (Phi) is 6.17. The zero-order valence-corrected chi connectivity index (χ0v) is 15.8. The van der Waals surface area contributed by atoms with Gasteiger partial charge in [0, 0.05) is 31.0 Å². The highest BCUT2D eigenvalue weighted by molar-refractivity contribution is 5.67. The van der Waals surface area contributed by atoms with Gasteiger partial charge in [-0.1, -0.05) is 0 Å². The van der Waals surface area contributed by atoms with E-state index in [-0.39, 0.29) is 29.4 Å². The second-order valence-corrected chi connectivity index (χ2v) is 7.55. The third-order valence-corrected chi connectivity index (χ3v) is 5.31. The van der Waals surface area contributed by atoms with E-state index in [1.165, 1.54) is 0 Å². The van der Waals surface area contributed by atoms with E-state index in [1.807, 2.05) is 0 Å². The number of halogens is 3. The molecule has 0 amide bonds. The molecule has 28 heavy (non-hydrogen) atoms. The molecule has 0 spiro atoms. The van der Waals surface area contributed by atoms with Crippen LogP contribution in [-0.4, -0.2) is 29.1 Å². The van der Waals surface area contributed by atoms with E-state index in [0.29, 0.717) is 18.0 Å². The summed E-state index contributed by atoms with van der Waals surface area (Å²) >= 11 is 0. The van der Waals surface area contributed by atoms with E-state index >= 15 is 0 Å². The molecule has 2 saturated carbocycles. The van der Waals surface area contributed by atoms with Gasteiger partial charge in [0.25, 0.3) is 0 Å². The molecule has 2 fully saturated rings. The number of rotatable bonds is 7. The van der Waals surface area contributed by atoms with Crippen LogP contribution in [0.4, 0.5) is 19.1 Å². The lowest BCUT2D eigenvalue weighted by atomic mass is 9.92. The lowest BCUT2D eigenvalue weighted by molar-refractivity contribution is -0.138. The number of hydrogen-bond donors (Lipinski definition) is 4. The monoisotopic (exact) mass is 397 g/mol. The van der Waals surface area contributed by atoms with Gasteiger partial charge in [-0.05, 0) is 50.9 Å². The molecular weight excluding hydrogens is 371 g/mol. The highest BCUT2D eigenvalue weighted by Gasteiger charge is 2.37. The standard InChI is InChI=1S/C18H26F3N7/c1-24-14(8-10-2-3-10)16(28-23)15-13(18(19,20)21)9-25-17(27-15)26-12-6-4-11(22)5-7-12/h9-12,23-24H,2-8,22H2,1H3,(H,25,26,27)/b16-14-,28-23?/t11-,12-. The molecule has 1 aromatic heterocycles. The van der Waals surface area contributed by atoms with E-state index in [9.17, 15) is 13.2 Å². The molecule has 3 rings (SSSR count). The van der Waals surface area contributed by atoms with Gasteiger partial charge in [-0.3, -0.25) is 0 Å². The molecule has 0 aliphatic heterocycles. The zero-order valence-electron chi connectivity index (χ0n) is 15.8. The molecule has 7 nitrogen and oxygen atoms in total. The normalized spacial score (nSPS) is 23.8. The second kappa shape index (κ2) is 8.42. The quantitative estimate of drug-likeness (QED) is 0.522. The van der Waals surface area contributed by atoms with Crippen LogP contribution < -0.4 is 16.4 Å². The SMILES string of the molecule is CN/C(CC1CC1)=C(\N=N)c1nc(N[C@H]2CC[C@H](N)CC2)ncc1C(F)(F)F. The number of nitrogens with one attached hydrogen (secondary N) is 3. The van der Waals surface area contributed by atoms with Crippen molar-refractivity contribution < 1.29 is 13.2 Å². The summed E-state index contributed by atoms with van der Waals surface area (Å²) in [6, 6.07) is 0.236. The van der Waals surface area contributed by atoms with E-state index in [0.717, 1.165) is 44.7 Å². The van der Waals surface area contributed by atoms with Gasteiger partial charge in [0.15, 0.2) is 0 Å². The van der Waals surface area contributed by atoms with Crippen molar-refractivity contribution >= 4 is 11.6 Å². The van der Waals surface area contributed by atoms with Gasteiger partial charge in [0.05, 0.1) is 0 Å². The van der Waals surface area contributed by atoms with Crippen molar-refractivity contribution in [2.24, 2.45) is 16.8 Å². The van der Waals surface area contributed by atoms with Crippen molar-refractivity contribution in [3.8, 4) is 0 Å². The van der Waals surface area contributed by atoms with Gasteiger partial charge in [-0.15, -0.1) is 0 Å². The summed E-state index contributed by atoms with van der Waals surface area (Å²) in [6.07, 6.45) is 2.08. The first-order valence-electron chi connectivity index (χ1n) is 9.57. The fourth-order valence-corrected chi connectivity index (χ4v) is 3.48. The van der Waals surface area contributed by atoms with Crippen LogP contribution in [0.2, 0.25) is 0 Å². The topological polar surface area (TPSA) is 112 Å². The molecule has 0 unspecified atom stereocenters. The Labute approximate surface area is 161 Å². The van der Waals surface area contributed by atoms with Crippen molar-refractivity contribution in [1.29, 1.82) is 5.53 Å². The van der Waals surface area contributed by atoms with Crippen LogP contribution in [0.1, 0.15) is 56.2 Å². The second-order valence-electron chi connectivity index (χ2n) is 7.55. The predicted octanol–water partition coefficient (Wildman–Crippen LogP) is 3.90. The first-order valence-corrected chi connectivity index (χ1v) is 9.57. The van der Waals surface area contributed by atoms with Gasteiger partial charge in [0.2, 0.25) is 5.95 Å². The minimum absolute atomic E-state index is 0.0694. The van der Waals surface area contributed by atoms with Crippen molar-refractivity contribution in [1.82, 2.24) is 15.3 Å². The summed E-state index contributed by atoms with van der Waals surface area (Å²) in [5, 5.41) is 9.44. The summed E-state index contributed by atoms with van der Waals surface area (Å²) in [4.78, 5) is 8.01. The van der Waals surface area contributed by atoms with Crippen molar-refractivity contribution in [2.45, 2.75) is 63.2 Å². The summed E-state index contributed by atoms with van der Waals surface area (Å²) in [5.74, 6) is 0.533. The number of allylic oxidation sites excluding steroid dienone is 1. The maximum atomic E-state index is 13.6. The number of hydrogen-bond acceptors (Lipinski definition) is 7. The minimum Gasteiger partial charge on any atom is -0.390 e. The van der Waals surface area contributed by atoms with Crippen molar-refractivity contribution in [3.63, 3.8) is 0 Å². The third kappa shape index (κ3) is 4.98. The summed E-state index contributed by atoms with van der Waals surface area (Å²) in [6.45, 7) is 0. The maximum Gasteiger partial charge on any atom is 0.420 e. The molecule has 0 saturated heterocycles. The molecule has 2 aliphatic carbocycles. The molecule has 1 aromatic rings. The van der Waals surface area contributed by atoms with Crippen LogP contribution >= 0.6 is 0 Å². The summed E-state index contributed by atoms with van der Waals surface area (Å²) < 4.78 is 40.7. The summed E-state index contributed by atoms with van der Waals surface area (Å²) in [7, 11) is 1.63. The number of nitrogens with two attached hydrogens (primary N) is 1. The highest BCUT2D eigenvalue weighted by atomic mass is 19.4. The molecule has 5 N–H and O–H groups in total. The molecular formula is C18H26F3N7. The average Bonchev–Trinajstić information content (AvgIpc) is 3.47. The molecule has 10 heteroatoms. The highest BCUT2D eigenvalue weighted by Crippen LogP contribution is 2.39. The third-order valence-electron chi connectivity index (χ3n) is 5.31. The van der Waals surface area contributed by atoms with E-state index in [2.05, 4.69) is 25.7 Å². The maximum absolute atomic E-state index is 13.6. The lowest BCUT2D eigenvalue weighted by Crippen LogP contribution is -2.33. The van der Waals surface area contributed by atoms with Crippen molar-refractivity contribution in [3.05, 3.63) is 23.2 Å². The fraction of sp³-hybridized carbons (Fsp3) is 0.667. The van der Waals surface area contributed by atoms with E-state index in [1.54, 1.807) is 7.05 Å². The van der Waals surface area contributed by atoms with Crippen molar-refractivity contribution in [2.75, 3.05) is 12.4 Å². The molecule has 0 radical (unpaired) electrons. The number of alkyl halides is 3. The van der Waals surface area contributed by atoms with Crippen LogP contribution in [-0.2, 0) is 6.18 Å². The number of anilines is 1. The predicted molar refractivity (Wildman–Crippen MR) is 99.4 cm³/mol. The van der Waals surface area contributed by atoms with Gasteiger partial charge < -0.3 is 16.4 Å². The van der Waals surface area contributed by atoms with Crippen LogP contribution in [0.3, 0.4) is 0 Å². The van der Waals surface area contributed by atoms with Gasteiger partial charge in [0.1, 0.15) is 17.0 Å². The lowest BCUT2D eigenvalue weighted by Gasteiger charge is -2.27. The number of nitrogens with zero attached hydrogens (tertiary/aromatic N) is 3. The Hall–Kier alpha value is -2.23. The van der Waals surface area contributed by atoms with Crippen LogP contribution in [0.5, 0.6) is 0 Å². The van der Waals surface area contributed by atoms with Gasteiger partial charge in [-0.2, -0.15) is 18.3 Å². The Balaban J connectivity index is 1.95. The van der Waals surface area contributed by atoms with E-state index in [4.69, 9.17) is 11.3 Å². The first kappa shape index (κ1) is 20.5. The van der Waals surface area contributed by atoms with E-state index < -0.39 is 11.7 Å². The minimum atomic E-state index is -4.64. The molecule has 0 atom stereocenters. The zero-order chi connectivity index (χ0) is 20.3. The van der Waals surface area contributed by atoms with Crippen LogP contribution in [0.15, 0.2) is 17.0 Å². The van der Waals surface area contributed by atoms with Crippen LogP contribution in [0, 0.1) is 11.4 Å². The smallest absolute Gasteiger partial charge is 0.390 e. The molecule has 0 aromatic carbocycles. The molecule has 1 heterocycles. The summed E-state index contributed by atoms with van der Waals surface area (Å²) in [5.41, 5.74) is 12.5.